The molecule has 6 heteroatoms. The molecule has 0 saturated carbocycles. The molecule has 0 bridgehead atoms. The molecule has 0 amide bonds. The third-order valence-corrected chi connectivity index (χ3v) is 2.21. The van der Waals surface area contributed by atoms with E-state index in [2.05, 4.69) is 15.2 Å². The second-order valence-corrected chi connectivity index (χ2v) is 3.33. The van der Waals surface area contributed by atoms with Crippen LogP contribution in [0.3, 0.4) is 0 Å². The molecule has 2 rings (SSSR count). The molecule has 0 radical (unpaired) electrons. The first-order chi connectivity index (χ1) is 7.70. The lowest BCUT2D eigenvalue weighted by atomic mass is 10.1. The third kappa shape index (κ3) is 2.07. The fourth-order valence-corrected chi connectivity index (χ4v) is 1.34. The number of benzene rings is 1. The maximum absolute atomic E-state index is 12.7. The number of rotatable bonds is 3. The van der Waals surface area contributed by atoms with Crippen LogP contribution in [-0.2, 0) is 6.61 Å². The summed E-state index contributed by atoms with van der Waals surface area (Å²) in [5, 5.41) is 15.2. The quantitative estimate of drug-likeness (QED) is 0.705. The average Bonchev–Trinajstić information content (AvgIpc) is 2.77. The molecule has 1 aromatic heterocycles. The number of nitrogens with zero attached hydrogens (tertiary/aromatic N) is 2. The molecule has 0 aliphatic rings. The largest absolute Gasteiger partial charge is 0.388 e. The molecule has 16 heavy (non-hydrogen) atoms. The van der Waals surface area contributed by atoms with Crippen molar-refractivity contribution in [2.45, 2.75) is 12.6 Å². The lowest BCUT2D eigenvalue weighted by molar-refractivity contribution is 0.271. The van der Waals surface area contributed by atoms with Gasteiger partial charge in [-0.1, -0.05) is 12.1 Å². The van der Waals surface area contributed by atoms with Crippen molar-refractivity contribution < 1.29 is 9.50 Å². The van der Waals surface area contributed by atoms with Crippen molar-refractivity contribution in [1.29, 1.82) is 0 Å². The predicted octanol–water partition coefficient (Wildman–Crippen LogP) is 0.484. The number of hydrogen-bond donors (Lipinski definition) is 3. The number of aromatic amines is 1. The molecule has 1 atom stereocenters. The van der Waals surface area contributed by atoms with Gasteiger partial charge in [0.1, 0.15) is 18.2 Å². The Morgan fingerprint density at radius 3 is 2.62 bits per heavy atom. The molecule has 0 spiro atoms. The third-order valence-electron chi connectivity index (χ3n) is 2.21. The summed E-state index contributed by atoms with van der Waals surface area (Å²) in [7, 11) is 0. The Hall–Kier alpha value is -1.79. The Morgan fingerprint density at radius 1 is 1.38 bits per heavy atom. The van der Waals surface area contributed by atoms with Crippen molar-refractivity contribution in [3.63, 3.8) is 0 Å². The number of nitrogens with two attached hydrogens (primary N) is 1. The molecule has 2 aromatic rings. The van der Waals surface area contributed by atoms with E-state index in [1.807, 2.05) is 0 Å². The van der Waals surface area contributed by atoms with Crippen LogP contribution in [0, 0.1) is 5.82 Å². The van der Waals surface area contributed by atoms with Crippen molar-refractivity contribution >= 4 is 0 Å². The predicted molar refractivity (Wildman–Crippen MR) is 54.7 cm³/mol. The van der Waals surface area contributed by atoms with Gasteiger partial charge < -0.3 is 10.8 Å². The van der Waals surface area contributed by atoms with Gasteiger partial charge in [0.15, 0.2) is 5.82 Å². The molecular weight excluding hydrogens is 211 g/mol. The first-order valence-corrected chi connectivity index (χ1v) is 4.74. The first-order valence-electron chi connectivity index (χ1n) is 4.74. The number of halogens is 1. The molecule has 0 saturated heterocycles. The van der Waals surface area contributed by atoms with Gasteiger partial charge in [0, 0.05) is 0 Å². The minimum Gasteiger partial charge on any atom is -0.388 e. The highest BCUT2D eigenvalue weighted by Crippen LogP contribution is 2.16. The molecule has 1 heterocycles. The number of aliphatic hydroxyl groups excluding tert-OH is 1. The Bertz CT molecular complexity index is 468. The molecule has 1 aromatic carbocycles. The van der Waals surface area contributed by atoms with Crippen LogP contribution < -0.4 is 5.73 Å². The molecular formula is C10H11FN4O. The van der Waals surface area contributed by atoms with Crippen LogP contribution >= 0.6 is 0 Å². The van der Waals surface area contributed by atoms with Crippen molar-refractivity contribution in [1.82, 2.24) is 15.2 Å². The van der Waals surface area contributed by atoms with Gasteiger partial charge in [0.2, 0.25) is 0 Å². The maximum Gasteiger partial charge on any atom is 0.171 e. The van der Waals surface area contributed by atoms with Crippen LogP contribution in [0.4, 0.5) is 4.39 Å². The second-order valence-electron chi connectivity index (χ2n) is 3.33. The summed E-state index contributed by atoms with van der Waals surface area (Å²) in [5.41, 5.74) is 6.60. The van der Waals surface area contributed by atoms with Crippen molar-refractivity contribution in [3.05, 3.63) is 47.3 Å². The molecule has 0 aliphatic carbocycles. The van der Waals surface area contributed by atoms with Crippen LogP contribution in [0.25, 0.3) is 0 Å². The summed E-state index contributed by atoms with van der Waals surface area (Å²) in [6.07, 6.45) is 0. The molecule has 4 N–H and O–H groups in total. The van der Waals surface area contributed by atoms with E-state index >= 15 is 0 Å². The van der Waals surface area contributed by atoms with Crippen molar-refractivity contribution in [3.8, 4) is 0 Å². The monoisotopic (exact) mass is 222 g/mol. The van der Waals surface area contributed by atoms with Crippen LogP contribution in [0.5, 0.6) is 0 Å². The highest BCUT2D eigenvalue weighted by molar-refractivity contribution is 5.24. The van der Waals surface area contributed by atoms with Crippen LogP contribution in [-0.4, -0.2) is 20.3 Å². The van der Waals surface area contributed by atoms with Gasteiger partial charge in [-0.15, -0.1) is 0 Å². The summed E-state index contributed by atoms with van der Waals surface area (Å²) >= 11 is 0. The van der Waals surface area contributed by atoms with Crippen LogP contribution in [0.15, 0.2) is 24.3 Å². The van der Waals surface area contributed by atoms with E-state index in [9.17, 15) is 4.39 Å². The van der Waals surface area contributed by atoms with Crippen LogP contribution in [0.2, 0.25) is 0 Å². The Morgan fingerprint density at radius 2 is 2.06 bits per heavy atom. The zero-order valence-corrected chi connectivity index (χ0v) is 8.39. The van der Waals surface area contributed by atoms with Crippen molar-refractivity contribution in [2.24, 2.45) is 5.73 Å². The zero-order valence-electron chi connectivity index (χ0n) is 8.39. The van der Waals surface area contributed by atoms with E-state index in [1.54, 1.807) is 12.1 Å². The van der Waals surface area contributed by atoms with Gasteiger partial charge in [-0.3, -0.25) is 5.10 Å². The minimum absolute atomic E-state index is 0.219. The van der Waals surface area contributed by atoms with E-state index in [-0.39, 0.29) is 12.4 Å². The standard InChI is InChI=1S/C10H11FN4O/c11-7-3-1-6(2-4-7)9(12)10-13-8(5-16)14-15-10/h1-4,9,16H,5,12H2,(H,13,14,15)/t9-/m0/s1. The van der Waals surface area contributed by atoms with Crippen molar-refractivity contribution in [2.75, 3.05) is 0 Å². The molecule has 84 valence electrons. The summed E-state index contributed by atoms with van der Waals surface area (Å²) in [4.78, 5) is 3.99. The Kier molecular flexibility index (Phi) is 2.93. The molecule has 5 nitrogen and oxygen atoms in total. The SMILES string of the molecule is N[C@@H](c1ccc(F)cc1)c1n[nH]c(CO)n1. The second kappa shape index (κ2) is 4.38. The minimum atomic E-state index is -0.530. The fourth-order valence-electron chi connectivity index (χ4n) is 1.34. The highest BCUT2D eigenvalue weighted by Gasteiger charge is 2.14. The maximum atomic E-state index is 12.7. The topological polar surface area (TPSA) is 87.8 Å². The number of H-pyrrole nitrogens is 1. The molecule has 0 aliphatic heterocycles. The van der Waals surface area contributed by atoms with E-state index in [4.69, 9.17) is 10.8 Å². The molecule has 0 fully saturated rings. The highest BCUT2D eigenvalue weighted by atomic mass is 19.1. The Labute approximate surface area is 91.1 Å². The van der Waals surface area contributed by atoms with Crippen LogP contribution in [0.1, 0.15) is 23.3 Å². The summed E-state index contributed by atoms with van der Waals surface area (Å²) < 4.78 is 12.7. The van der Waals surface area contributed by atoms with E-state index < -0.39 is 6.04 Å². The van der Waals surface area contributed by atoms with E-state index in [1.165, 1.54) is 12.1 Å². The van der Waals surface area contributed by atoms with E-state index in [0.29, 0.717) is 17.2 Å². The molecule has 0 unspecified atom stereocenters. The number of hydrogen-bond acceptors (Lipinski definition) is 4. The van der Waals surface area contributed by atoms with Gasteiger partial charge in [-0.2, -0.15) is 5.10 Å². The summed E-state index contributed by atoms with van der Waals surface area (Å²) in [6, 6.07) is 5.28. The lowest BCUT2D eigenvalue weighted by Crippen LogP contribution is -2.13. The van der Waals surface area contributed by atoms with Gasteiger partial charge in [-0.05, 0) is 17.7 Å². The van der Waals surface area contributed by atoms with Gasteiger partial charge in [-0.25, -0.2) is 9.37 Å². The van der Waals surface area contributed by atoms with Gasteiger partial charge in [0.25, 0.3) is 0 Å². The van der Waals surface area contributed by atoms with E-state index in [0.717, 1.165) is 0 Å². The smallest absolute Gasteiger partial charge is 0.171 e. The fraction of sp³-hybridized carbons (Fsp3) is 0.200. The Balaban J connectivity index is 2.24. The lowest BCUT2D eigenvalue weighted by Gasteiger charge is -2.07. The first kappa shape index (κ1) is 10.7. The number of aromatic nitrogens is 3. The zero-order chi connectivity index (χ0) is 11.5. The number of nitrogens with one attached hydrogen (secondary N) is 1. The van der Waals surface area contributed by atoms with Gasteiger partial charge in [0.05, 0.1) is 6.04 Å². The normalized spacial score (nSPS) is 12.7. The van der Waals surface area contributed by atoms with Gasteiger partial charge >= 0.3 is 0 Å². The number of aliphatic hydroxyl groups is 1. The summed E-state index contributed by atoms with van der Waals surface area (Å²) in [6.45, 7) is -0.219. The summed E-state index contributed by atoms with van der Waals surface area (Å²) in [5.74, 6) is 0.408. The average molecular weight is 222 g/mol.